The van der Waals surface area contributed by atoms with Crippen LogP contribution in [0.15, 0.2) is 47.4 Å². The van der Waals surface area contributed by atoms with Gasteiger partial charge in [-0.05, 0) is 18.2 Å². The first-order valence-corrected chi connectivity index (χ1v) is 6.86. The van der Waals surface area contributed by atoms with Crippen LogP contribution in [0.3, 0.4) is 0 Å². The van der Waals surface area contributed by atoms with Crippen LogP contribution in [0.1, 0.15) is 5.56 Å². The Labute approximate surface area is 124 Å². The minimum Gasteiger partial charge on any atom is -0.398 e. The number of benzene rings is 2. The summed E-state index contributed by atoms with van der Waals surface area (Å²) in [5, 5.41) is 21.7. The Morgan fingerprint density at radius 2 is 1.76 bits per heavy atom. The predicted octanol–water partition coefficient (Wildman–Crippen LogP) is 3.38. The van der Waals surface area contributed by atoms with Gasteiger partial charge in [0.15, 0.2) is 0 Å². The monoisotopic (exact) mass is 305 g/mol. The molecule has 0 saturated carbocycles. The van der Waals surface area contributed by atoms with Crippen LogP contribution in [-0.2, 0) is 5.75 Å². The number of thioether (sulfide) groups is 1. The summed E-state index contributed by atoms with van der Waals surface area (Å²) in [7, 11) is 0. The van der Waals surface area contributed by atoms with Gasteiger partial charge in [-0.1, -0.05) is 12.1 Å². The molecule has 0 aromatic heterocycles. The molecular weight excluding hydrogens is 294 g/mol. The fraction of sp³-hybridized carbons (Fsp3) is 0.0769. The zero-order chi connectivity index (χ0) is 15.4. The Balaban J connectivity index is 2.26. The van der Waals surface area contributed by atoms with Crippen molar-refractivity contribution in [3.8, 4) is 0 Å². The quantitative estimate of drug-likeness (QED) is 0.392. The molecule has 2 aromatic carbocycles. The van der Waals surface area contributed by atoms with E-state index < -0.39 is 9.85 Å². The number of nitrogens with two attached hydrogens (primary N) is 1. The van der Waals surface area contributed by atoms with E-state index in [1.165, 1.54) is 23.9 Å². The molecule has 0 bridgehead atoms. The number of nitrogens with zero attached hydrogens (tertiary/aromatic N) is 2. The summed E-state index contributed by atoms with van der Waals surface area (Å²) in [5.41, 5.74) is 6.25. The van der Waals surface area contributed by atoms with Crippen LogP contribution in [0.4, 0.5) is 17.1 Å². The number of rotatable bonds is 5. The number of nitro benzene ring substituents is 2. The average molecular weight is 305 g/mol. The Kier molecular flexibility index (Phi) is 4.39. The van der Waals surface area contributed by atoms with Crippen molar-refractivity contribution in [1.29, 1.82) is 0 Å². The second-order valence-corrected chi connectivity index (χ2v) is 5.17. The summed E-state index contributed by atoms with van der Waals surface area (Å²) in [4.78, 5) is 21.2. The molecule has 0 unspecified atom stereocenters. The molecule has 0 atom stereocenters. The molecule has 0 amide bonds. The molecule has 0 heterocycles. The second-order valence-electron chi connectivity index (χ2n) is 4.15. The van der Waals surface area contributed by atoms with Crippen LogP contribution < -0.4 is 5.73 Å². The van der Waals surface area contributed by atoms with Gasteiger partial charge in [0.2, 0.25) is 0 Å². The Morgan fingerprint density at radius 3 is 2.38 bits per heavy atom. The lowest BCUT2D eigenvalue weighted by atomic mass is 10.2. The van der Waals surface area contributed by atoms with Gasteiger partial charge in [0.1, 0.15) is 0 Å². The minimum absolute atomic E-state index is 0.258. The lowest BCUT2D eigenvalue weighted by Gasteiger charge is -2.05. The highest BCUT2D eigenvalue weighted by atomic mass is 32.2. The van der Waals surface area contributed by atoms with Crippen LogP contribution in [0.25, 0.3) is 0 Å². The van der Waals surface area contributed by atoms with E-state index in [-0.39, 0.29) is 11.4 Å². The number of non-ortho nitro benzene ring substituents is 1. The van der Waals surface area contributed by atoms with Crippen molar-refractivity contribution in [2.75, 3.05) is 5.73 Å². The van der Waals surface area contributed by atoms with Gasteiger partial charge in [-0.25, -0.2) is 0 Å². The maximum atomic E-state index is 11.0. The summed E-state index contributed by atoms with van der Waals surface area (Å²) in [6.45, 7) is 0. The lowest BCUT2D eigenvalue weighted by Crippen LogP contribution is -1.97. The van der Waals surface area contributed by atoms with E-state index >= 15 is 0 Å². The van der Waals surface area contributed by atoms with Crippen molar-refractivity contribution in [2.45, 2.75) is 10.6 Å². The number of nitrogen functional groups attached to an aromatic ring is 1. The number of hydrogen-bond donors (Lipinski definition) is 1. The van der Waals surface area contributed by atoms with E-state index in [2.05, 4.69) is 0 Å². The van der Waals surface area contributed by atoms with Crippen molar-refractivity contribution in [3.05, 3.63) is 68.3 Å². The van der Waals surface area contributed by atoms with Crippen molar-refractivity contribution < 1.29 is 9.85 Å². The molecule has 2 aromatic rings. The largest absolute Gasteiger partial charge is 0.398 e. The van der Waals surface area contributed by atoms with E-state index in [1.54, 1.807) is 12.1 Å². The molecule has 8 heteroatoms. The molecule has 21 heavy (non-hydrogen) atoms. The first-order chi connectivity index (χ1) is 9.99. The number of para-hydroxylation sites is 1. The van der Waals surface area contributed by atoms with Crippen LogP contribution in [0, 0.1) is 20.2 Å². The minimum atomic E-state index is -0.654. The first kappa shape index (κ1) is 14.8. The third kappa shape index (κ3) is 3.48. The fourth-order valence-corrected chi connectivity index (χ4v) is 2.69. The summed E-state index contributed by atoms with van der Waals surface area (Å²) < 4.78 is 0. The van der Waals surface area contributed by atoms with Gasteiger partial charge < -0.3 is 5.73 Å². The van der Waals surface area contributed by atoms with Crippen molar-refractivity contribution in [3.63, 3.8) is 0 Å². The topological polar surface area (TPSA) is 112 Å². The molecule has 7 nitrogen and oxygen atoms in total. The standard InChI is InChI=1S/C13H11N3O4S/c14-11-3-1-2-4-13(11)21-8-9-5-6-10(15(17)18)7-12(9)16(19)20/h1-7H,8,14H2. The average Bonchev–Trinajstić information content (AvgIpc) is 2.46. The highest BCUT2D eigenvalue weighted by Crippen LogP contribution is 2.32. The highest BCUT2D eigenvalue weighted by Gasteiger charge is 2.19. The van der Waals surface area contributed by atoms with Gasteiger partial charge in [0, 0.05) is 28.0 Å². The molecule has 0 saturated heterocycles. The molecule has 0 aliphatic rings. The fourth-order valence-electron chi connectivity index (χ4n) is 1.73. The van der Waals surface area contributed by atoms with Gasteiger partial charge in [0.05, 0.1) is 15.9 Å². The maximum Gasteiger partial charge on any atom is 0.280 e. The second kappa shape index (κ2) is 6.23. The zero-order valence-corrected chi connectivity index (χ0v) is 11.6. The molecule has 2 N–H and O–H groups in total. The number of nitro groups is 2. The van der Waals surface area contributed by atoms with Crippen molar-refractivity contribution in [2.24, 2.45) is 0 Å². The number of anilines is 1. The van der Waals surface area contributed by atoms with Crippen LogP contribution >= 0.6 is 11.8 Å². The predicted molar refractivity (Wildman–Crippen MR) is 80.2 cm³/mol. The van der Waals surface area contributed by atoms with E-state index in [1.807, 2.05) is 12.1 Å². The van der Waals surface area contributed by atoms with Gasteiger partial charge in [-0.2, -0.15) is 0 Å². The Hall–Kier alpha value is -2.61. The highest BCUT2D eigenvalue weighted by molar-refractivity contribution is 7.98. The molecule has 0 radical (unpaired) electrons. The van der Waals surface area contributed by atoms with Gasteiger partial charge in [0.25, 0.3) is 11.4 Å². The van der Waals surface area contributed by atoms with Crippen LogP contribution in [0.2, 0.25) is 0 Å². The summed E-state index contributed by atoms with van der Waals surface area (Å²) >= 11 is 1.35. The van der Waals surface area contributed by atoms with Gasteiger partial charge in [-0.15, -0.1) is 11.8 Å². The molecule has 108 valence electrons. The number of hydrogen-bond acceptors (Lipinski definition) is 6. The van der Waals surface area contributed by atoms with Crippen molar-refractivity contribution >= 4 is 28.8 Å². The third-order valence-electron chi connectivity index (χ3n) is 2.78. The molecule has 0 fully saturated rings. The van der Waals surface area contributed by atoms with E-state index in [0.29, 0.717) is 17.0 Å². The SMILES string of the molecule is Nc1ccccc1SCc1ccc([N+](=O)[O-])cc1[N+](=O)[O-]. The zero-order valence-electron chi connectivity index (χ0n) is 10.8. The summed E-state index contributed by atoms with van der Waals surface area (Å²) in [6, 6.07) is 10.8. The van der Waals surface area contributed by atoms with Crippen LogP contribution in [0.5, 0.6) is 0 Å². The molecule has 0 aliphatic carbocycles. The van der Waals surface area contributed by atoms with Crippen molar-refractivity contribution in [1.82, 2.24) is 0 Å². The smallest absolute Gasteiger partial charge is 0.280 e. The van der Waals surface area contributed by atoms with Crippen LogP contribution in [-0.4, -0.2) is 9.85 Å². The van der Waals surface area contributed by atoms with Gasteiger partial charge >= 0.3 is 0 Å². The first-order valence-electron chi connectivity index (χ1n) is 5.88. The molecular formula is C13H11N3O4S. The maximum absolute atomic E-state index is 11.0. The van der Waals surface area contributed by atoms with E-state index in [4.69, 9.17) is 5.73 Å². The van der Waals surface area contributed by atoms with E-state index in [9.17, 15) is 20.2 Å². The summed E-state index contributed by atoms with van der Waals surface area (Å²) in [6.07, 6.45) is 0. The lowest BCUT2D eigenvalue weighted by molar-refractivity contribution is -0.394. The van der Waals surface area contributed by atoms with E-state index in [0.717, 1.165) is 11.0 Å². The molecule has 2 rings (SSSR count). The normalized spacial score (nSPS) is 10.3. The Morgan fingerprint density at radius 1 is 1.05 bits per heavy atom. The third-order valence-corrected chi connectivity index (χ3v) is 3.92. The summed E-state index contributed by atoms with van der Waals surface area (Å²) in [5.74, 6) is 0.308. The molecule has 0 aliphatic heterocycles. The van der Waals surface area contributed by atoms with Gasteiger partial charge in [-0.3, -0.25) is 20.2 Å². The molecule has 0 spiro atoms. The Bertz CT molecular complexity index is 706.